The first-order valence-electron chi connectivity index (χ1n) is 5.29. The molecule has 1 unspecified atom stereocenters. The van der Waals surface area contributed by atoms with Gasteiger partial charge in [-0.25, -0.2) is 4.39 Å². The van der Waals surface area contributed by atoms with Crippen molar-refractivity contribution < 1.29 is 13.9 Å². The van der Waals surface area contributed by atoms with E-state index in [1.54, 1.807) is 18.2 Å². The highest BCUT2D eigenvalue weighted by Crippen LogP contribution is 2.33. The van der Waals surface area contributed by atoms with Gasteiger partial charge in [0.05, 0.1) is 18.6 Å². The van der Waals surface area contributed by atoms with E-state index in [0.29, 0.717) is 13.2 Å². The average molecular weight is 222 g/mol. The first-order valence-corrected chi connectivity index (χ1v) is 5.29. The van der Waals surface area contributed by atoms with E-state index in [2.05, 4.69) is 6.58 Å². The third-order valence-corrected chi connectivity index (χ3v) is 3.00. The fourth-order valence-corrected chi connectivity index (χ4v) is 1.86. The molecule has 0 aromatic heterocycles. The highest BCUT2D eigenvalue weighted by atomic mass is 19.1. The lowest BCUT2D eigenvalue weighted by atomic mass is 9.82. The third kappa shape index (κ3) is 1.88. The van der Waals surface area contributed by atoms with Crippen LogP contribution in [-0.2, 0) is 14.9 Å². The Morgan fingerprint density at radius 3 is 2.38 bits per heavy atom. The van der Waals surface area contributed by atoms with Crippen LogP contribution in [0.5, 0.6) is 0 Å². The van der Waals surface area contributed by atoms with Crippen molar-refractivity contribution in [1.82, 2.24) is 0 Å². The van der Waals surface area contributed by atoms with Crippen molar-refractivity contribution in [3.63, 3.8) is 0 Å². The maximum Gasteiger partial charge on any atom is 0.170 e. The van der Waals surface area contributed by atoms with E-state index in [1.807, 2.05) is 6.92 Å². The Hall–Kier alpha value is -1.19. The van der Waals surface area contributed by atoms with Crippen molar-refractivity contribution >= 4 is 0 Å². The molecule has 1 aliphatic heterocycles. The van der Waals surface area contributed by atoms with E-state index in [4.69, 9.17) is 9.47 Å². The molecule has 0 amide bonds. The molecule has 3 heteroatoms. The molecule has 0 N–H and O–H groups in total. The molecule has 0 spiro atoms. The molecule has 2 nitrogen and oxygen atoms in total. The van der Waals surface area contributed by atoms with Gasteiger partial charge in [0.15, 0.2) is 6.29 Å². The van der Waals surface area contributed by atoms with E-state index in [9.17, 15) is 4.39 Å². The SMILES string of the molecule is C=CC(C)(c1ccc(F)cc1)C1OCCO1. The summed E-state index contributed by atoms with van der Waals surface area (Å²) in [6, 6.07) is 6.35. The summed E-state index contributed by atoms with van der Waals surface area (Å²) in [6.07, 6.45) is 1.45. The van der Waals surface area contributed by atoms with Crippen LogP contribution in [0.3, 0.4) is 0 Å². The van der Waals surface area contributed by atoms with Crippen LogP contribution in [-0.4, -0.2) is 19.5 Å². The molecule has 1 fully saturated rings. The molecule has 1 heterocycles. The van der Waals surface area contributed by atoms with E-state index < -0.39 is 5.41 Å². The summed E-state index contributed by atoms with van der Waals surface area (Å²) in [5.74, 6) is -0.247. The standard InChI is InChI=1S/C13H15FO2/c1-3-13(2,12-15-8-9-16-12)10-4-6-11(14)7-5-10/h3-7,12H,1,8-9H2,2H3. The first kappa shape index (κ1) is 11.3. The van der Waals surface area contributed by atoms with Crippen molar-refractivity contribution in [1.29, 1.82) is 0 Å². The molecule has 1 atom stereocenters. The molecular formula is C13H15FO2. The molecular weight excluding hydrogens is 207 g/mol. The molecule has 0 bridgehead atoms. The molecule has 1 aromatic carbocycles. The summed E-state index contributed by atoms with van der Waals surface area (Å²) in [4.78, 5) is 0. The zero-order valence-corrected chi connectivity index (χ0v) is 9.28. The summed E-state index contributed by atoms with van der Waals surface area (Å²) >= 11 is 0. The van der Waals surface area contributed by atoms with E-state index in [-0.39, 0.29) is 12.1 Å². The maximum atomic E-state index is 12.9. The smallest absolute Gasteiger partial charge is 0.170 e. The van der Waals surface area contributed by atoms with Crippen LogP contribution in [0.1, 0.15) is 12.5 Å². The van der Waals surface area contributed by atoms with Crippen molar-refractivity contribution in [2.45, 2.75) is 18.6 Å². The van der Waals surface area contributed by atoms with E-state index >= 15 is 0 Å². The molecule has 0 saturated carbocycles. The van der Waals surface area contributed by atoms with Gasteiger partial charge < -0.3 is 9.47 Å². The lowest BCUT2D eigenvalue weighted by Gasteiger charge is -2.31. The van der Waals surface area contributed by atoms with Crippen LogP contribution in [0.15, 0.2) is 36.9 Å². The molecule has 0 radical (unpaired) electrons. The van der Waals surface area contributed by atoms with Crippen LogP contribution >= 0.6 is 0 Å². The number of ether oxygens (including phenoxy) is 2. The molecule has 16 heavy (non-hydrogen) atoms. The van der Waals surface area contributed by atoms with Gasteiger partial charge in [0, 0.05) is 0 Å². The van der Waals surface area contributed by atoms with Crippen molar-refractivity contribution in [2.75, 3.05) is 13.2 Å². The number of benzene rings is 1. The van der Waals surface area contributed by atoms with Gasteiger partial charge >= 0.3 is 0 Å². The fourth-order valence-electron chi connectivity index (χ4n) is 1.86. The predicted octanol–water partition coefficient (Wildman–Crippen LogP) is 2.64. The topological polar surface area (TPSA) is 18.5 Å². The number of hydrogen-bond donors (Lipinski definition) is 0. The number of halogens is 1. The lowest BCUT2D eigenvalue weighted by molar-refractivity contribution is -0.0795. The second-order valence-electron chi connectivity index (χ2n) is 4.07. The van der Waals surface area contributed by atoms with Gasteiger partial charge in [-0.05, 0) is 24.6 Å². The summed E-state index contributed by atoms with van der Waals surface area (Å²) in [7, 11) is 0. The summed E-state index contributed by atoms with van der Waals surface area (Å²) in [6.45, 7) is 6.98. The van der Waals surface area contributed by atoms with Gasteiger partial charge in [-0.3, -0.25) is 0 Å². The molecule has 2 rings (SSSR count). The minimum Gasteiger partial charge on any atom is -0.349 e. The largest absolute Gasteiger partial charge is 0.349 e. The van der Waals surface area contributed by atoms with Crippen LogP contribution < -0.4 is 0 Å². The second kappa shape index (κ2) is 4.36. The summed E-state index contributed by atoms with van der Waals surface area (Å²) < 4.78 is 23.9. The Kier molecular flexibility index (Phi) is 3.08. The van der Waals surface area contributed by atoms with Crippen molar-refractivity contribution in [3.8, 4) is 0 Å². The maximum absolute atomic E-state index is 12.9. The Labute approximate surface area is 94.7 Å². The van der Waals surface area contributed by atoms with Gasteiger partial charge in [-0.15, -0.1) is 6.58 Å². The Bertz CT molecular complexity index is 368. The van der Waals surface area contributed by atoms with Gasteiger partial charge in [0.1, 0.15) is 5.82 Å². The molecule has 0 aliphatic carbocycles. The van der Waals surface area contributed by atoms with Crippen molar-refractivity contribution in [2.24, 2.45) is 0 Å². The lowest BCUT2D eigenvalue weighted by Crippen LogP contribution is -2.35. The highest BCUT2D eigenvalue weighted by Gasteiger charge is 2.37. The Balaban J connectivity index is 2.32. The van der Waals surface area contributed by atoms with Crippen LogP contribution in [0.4, 0.5) is 4.39 Å². The van der Waals surface area contributed by atoms with Crippen LogP contribution in [0.25, 0.3) is 0 Å². The summed E-state index contributed by atoms with van der Waals surface area (Å²) in [5.41, 5.74) is 0.500. The number of rotatable bonds is 3. The average Bonchev–Trinajstić information content (AvgIpc) is 2.83. The monoisotopic (exact) mass is 222 g/mol. The second-order valence-corrected chi connectivity index (χ2v) is 4.07. The minimum atomic E-state index is -0.440. The van der Waals surface area contributed by atoms with Gasteiger partial charge in [-0.2, -0.15) is 0 Å². The zero-order chi connectivity index (χ0) is 11.6. The van der Waals surface area contributed by atoms with E-state index in [0.717, 1.165) is 5.56 Å². The predicted molar refractivity (Wildman–Crippen MR) is 59.6 cm³/mol. The highest BCUT2D eigenvalue weighted by molar-refractivity contribution is 5.30. The normalized spacial score (nSPS) is 20.6. The molecule has 86 valence electrons. The van der Waals surface area contributed by atoms with Gasteiger partial charge in [0.25, 0.3) is 0 Å². The Morgan fingerprint density at radius 2 is 1.88 bits per heavy atom. The number of hydrogen-bond acceptors (Lipinski definition) is 2. The molecule has 1 aromatic rings. The Morgan fingerprint density at radius 1 is 1.31 bits per heavy atom. The minimum absolute atomic E-state index is 0.247. The van der Waals surface area contributed by atoms with Crippen LogP contribution in [0, 0.1) is 5.82 Å². The zero-order valence-electron chi connectivity index (χ0n) is 9.28. The van der Waals surface area contributed by atoms with Crippen molar-refractivity contribution in [3.05, 3.63) is 48.3 Å². The molecule has 1 saturated heterocycles. The summed E-state index contributed by atoms with van der Waals surface area (Å²) in [5, 5.41) is 0. The third-order valence-electron chi connectivity index (χ3n) is 3.00. The van der Waals surface area contributed by atoms with Gasteiger partial charge in [0.2, 0.25) is 0 Å². The molecule has 1 aliphatic rings. The quantitative estimate of drug-likeness (QED) is 0.732. The van der Waals surface area contributed by atoms with Gasteiger partial charge in [-0.1, -0.05) is 18.2 Å². The fraction of sp³-hybridized carbons (Fsp3) is 0.385. The first-order chi connectivity index (χ1) is 7.66. The van der Waals surface area contributed by atoms with E-state index in [1.165, 1.54) is 12.1 Å². The van der Waals surface area contributed by atoms with Crippen LogP contribution in [0.2, 0.25) is 0 Å².